The highest BCUT2D eigenvalue weighted by Gasteiger charge is 2.12. The predicted octanol–water partition coefficient (Wildman–Crippen LogP) is 3.14. The van der Waals surface area contributed by atoms with Crippen LogP contribution in [0.3, 0.4) is 0 Å². The van der Waals surface area contributed by atoms with Gasteiger partial charge in [-0.3, -0.25) is 0 Å². The van der Waals surface area contributed by atoms with Crippen LogP contribution in [0.5, 0.6) is 5.75 Å². The van der Waals surface area contributed by atoms with Gasteiger partial charge in [-0.2, -0.15) is 0 Å². The van der Waals surface area contributed by atoms with E-state index in [4.69, 9.17) is 20.8 Å². The van der Waals surface area contributed by atoms with Gasteiger partial charge in [-0.1, -0.05) is 24.6 Å². The average molecular weight is 325 g/mol. The van der Waals surface area contributed by atoms with Crippen molar-refractivity contribution >= 4 is 23.3 Å². The Morgan fingerprint density at radius 3 is 2.91 bits per heavy atom. The van der Waals surface area contributed by atoms with Crippen molar-refractivity contribution in [3.63, 3.8) is 0 Å². The Bertz CT molecular complexity index is 645. The molecule has 0 atom stereocenters. The molecular weight excluding hydrogens is 308 g/mol. The van der Waals surface area contributed by atoms with Crippen molar-refractivity contribution in [3.8, 4) is 5.75 Å². The molecular formula is C14H17ClN4O3. The summed E-state index contributed by atoms with van der Waals surface area (Å²) in [5, 5.41) is 13.2. The number of urea groups is 1. The molecule has 22 heavy (non-hydrogen) atoms. The summed E-state index contributed by atoms with van der Waals surface area (Å²) in [4.78, 5) is 11.9. The second-order valence-corrected chi connectivity index (χ2v) is 4.89. The van der Waals surface area contributed by atoms with E-state index >= 15 is 0 Å². The first-order valence-electron chi connectivity index (χ1n) is 6.85. The number of ether oxygens (including phenoxy) is 1. The molecule has 0 fully saturated rings. The van der Waals surface area contributed by atoms with E-state index < -0.39 is 6.03 Å². The van der Waals surface area contributed by atoms with Crippen LogP contribution in [0.15, 0.2) is 22.6 Å². The molecule has 2 aromatic rings. The van der Waals surface area contributed by atoms with E-state index in [9.17, 15) is 4.79 Å². The van der Waals surface area contributed by atoms with Crippen LogP contribution >= 0.6 is 11.6 Å². The number of amides is 2. The predicted molar refractivity (Wildman–Crippen MR) is 82.1 cm³/mol. The third kappa shape index (κ3) is 4.36. The van der Waals surface area contributed by atoms with E-state index in [0.29, 0.717) is 34.8 Å². The maximum Gasteiger partial charge on any atom is 0.319 e. The van der Waals surface area contributed by atoms with Crippen molar-refractivity contribution in [1.82, 2.24) is 15.5 Å². The van der Waals surface area contributed by atoms with Crippen LogP contribution in [0, 0.1) is 6.92 Å². The molecule has 0 saturated carbocycles. The fraction of sp³-hybridized carbons (Fsp3) is 0.357. The van der Waals surface area contributed by atoms with Crippen LogP contribution in [0.4, 0.5) is 10.5 Å². The highest BCUT2D eigenvalue weighted by Crippen LogP contribution is 2.32. The number of anilines is 1. The highest BCUT2D eigenvalue weighted by molar-refractivity contribution is 6.32. The Hall–Kier alpha value is -2.28. The Morgan fingerprint density at radius 1 is 1.41 bits per heavy atom. The smallest absolute Gasteiger partial charge is 0.319 e. The van der Waals surface area contributed by atoms with Crippen molar-refractivity contribution in [1.29, 1.82) is 0 Å². The summed E-state index contributed by atoms with van der Waals surface area (Å²) < 4.78 is 10.7. The van der Waals surface area contributed by atoms with Gasteiger partial charge in [0.05, 0.1) is 23.9 Å². The van der Waals surface area contributed by atoms with E-state index in [1.807, 2.05) is 6.92 Å². The number of halogens is 1. The number of hydrogen-bond acceptors (Lipinski definition) is 5. The molecule has 8 heteroatoms. The summed E-state index contributed by atoms with van der Waals surface area (Å²) in [6.07, 6.45) is 0.841. The lowest BCUT2D eigenvalue weighted by Crippen LogP contribution is -2.28. The minimum atomic E-state index is -0.417. The molecule has 2 amide bonds. The van der Waals surface area contributed by atoms with Crippen LogP contribution in [-0.4, -0.2) is 22.8 Å². The molecule has 0 radical (unpaired) electrons. The van der Waals surface area contributed by atoms with Crippen LogP contribution in [0.1, 0.15) is 25.1 Å². The number of para-hydroxylation sites is 1. The van der Waals surface area contributed by atoms with E-state index in [0.717, 1.165) is 6.42 Å². The molecule has 0 aliphatic carbocycles. The maximum atomic E-state index is 11.9. The molecule has 0 spiro atoms. The van der Waals surface area contributed by atoms with Gasteiger partial charge in [-0.25, -0.2) is 4.79 Å². The number of rotatable bonds is 6. The van der Waals surface area contributed by atoms with Gasteiger partial charge >= 0.3 is 6.03 Å². The second-order valence-electron chi connectivity index (χ2n) is 4.49. The zero-order valence-electron chi connectivity index (χ0n) is 12.4. The Kier molecular flexibility index (Phi) is 5.60. The first-order chi connectivity index (χ1) is 10.6. The summed E-state index contributed by atoms with van der Waals surface area (Å²) in [7, 11) is 0. The fourth-order valence-electron chi connectivity index (χ4n) is 1.69. The molecule has 0 aliphatic rings. The summed E-state index contributed by atoms with van der Waals surface area (Å²) in [5.74, 6) is 1.23. The molecule has 1 heterocycles. The summed E-state index contributed by atoms with van der Waals surface area (Å²) in [6.45, 7) is 4.32. The number of aryl methyl sites for hydroxylation is 1. The van der Waals surface area contributed by atoms with Gasteiger partial charge in [0.2, 0.25) is 11.8 Å². The van der Waals surface area contributed by atoms with Crippen LogP contribution in [0.25, 0.3) is 0 Å². The third-order valence-electron chi connectivity index (χ3n) is 2.63. The number of benzene rings is 1. The van der Waals surface area contributed by atoms with Crippen molar-refractivity contribution < 1.29 is 13.9 Å². The Morgan fingerprint density at radius 2 is 2.23 bits per heavy atom. The van der Waals surface area contributed by atoms with Gasteiger partial charge in [0.1, 0.15) is 0 Å². The fourth-order valence-corrected chi connectivity index (χ4v) is 1.92. The van der Waals surface area contributed by atoms with Crippen molar-refractivity contribution in [2.45, 2.75) is 26.8 Å². The van der Waals surface area contributed by atoms with E-state index in [2.05, 4.69) is 20.8 Å². The van der Waals surface area contributed by atoms with Gasteiger partial charge in [0, 0.05) is 6.92 Å². The van der Waals surface area contributed by atoms with Crippen molar-refractivity contribution in [3.05, 3.63) is 35.0 Å². The van der Waals surface area contributed by atoms with Gasteiger partial charge in [-0.05, 0) is 18.6 Å². The number of nitrogens with one attached hydrogen (secondary N) is 2. The standard InChI is InChI=1S/C14H17ClN4O3/c1-3-7-21-13-10(15)5-4-6-11(13)17-14(20)16-8-12-19-18-9(2)22-12/h4-6H,3,7-8H2,1-2H3,(H2,16,17,20). The number of aromatic nitrogens is 2. The quantitative estimate of drug-likeness (QED) is 0.852. The zero-order chi connectivity index (χ0) is 15.9. The third-order valence-corrected chi connectivity index (χ3v) is 2.93. The Labute approximate surface area is 133 Å². The van der Waals surface area contributed by atoms with Crippen LogP contribution < -0.4 is 15.4 Å². The normalized spacial score (nSPS) is 10.3. The highest BCUT2D eigenvalue weighted by atomic mass is 35.5. The molecule has 118 valence electrons. The minimum absolute atomic E-state index is 0.137. The molecule has 0 unspecified atom stereocenters. The van der Waals surface area contributed by atoms with Crippen molar-refractivity contribution in [2.75, 3.05) is 11.9 Å². The summed E-state index contributed by atoms with van der Waals surface area (Å²) in [5.41, 5.74) is 0.500. The zero-order valence-corrected chi connectivity index (χ0v) is 13.1. The minimum Gasteiger partial charge on any atom is -0.490 e. The lowest BCUT2D eigenvalue weighted by molar-refractivity contribution is 0.250. The molecule has 1 aromatic heterocycles. The van der Waals surface area contributed by atoms with Crippen LogP contribution in [-0.2, 0) is 6.54 Å². The lowest BCUT2D eigenvalue weighted by Gasteiger charge is -2.13. The Balaban J connectivity index is 1.97. The molecule has 1 aromatic carbocycles. The molecule has 0 saturated heterocycles. The number of nitrogens with zero attached hydrogens (tertiary/aromatic N) is 2. The monoisotopic (exact) mass is 324 g/mol. The second kappa shape index (κ2) is 7.65. The van der Waals surface area contributed by atoms with E-state index in [-0.39, 0.29) is 6.54 Å². The first kappa shape index (κ1) is 16.1. The van der Waals surface area contributed by atoms with Gasteiger partial charge in [0.15, 0.2) is 5.75 Å². The average Bonchev–Trinajstić information content (AvgIpc) is 2.90. The van der Waals surface area contributed by atoms with E-state index in [1.165, 1.54) is 0 Å². The largest absolute Gasteiger partial charge is 0.490 e. The van der Waals surface area contributed by atoms with Gasteiger partial charge in [0.25, 0.3) is 0 Å². The molecule has 0 bridgehead atoms. The van der Waals surface area contributed by atoms with Gasteiger partial charge in [-0.15, -0.1) is 10.2 Å². The van der Waals surface area contributed by atoms with Gasteiger partial charge < -0.3 is 19.8 Å². The molecule has 2 rings (SSSR count). The number of hydrogen-bond donors (Lipinski definition) is 2. The van der Waals surface area contributed by atoms with Crippen molar-refractivity contribution in [2.24, 2.45) is 0 Å². The van der Waals surface area contributed by atoms with Crippen LogP contribution in [0.2, 0.25) is 5.02 Å². The molecule has 2 N–H and O–H groups in total. The molecule has 0 aliphatic heterocycles. The summed E-state index contributed by atoms with van der Waals surface area (Å²) in [6, 6.07) is 4.74. The summed E-state index contributed by atoms with van der Waals surface area (Å²) >= 11 is 6.09. The molecule has 7 nitrogen and oxygen atoms in total. The van der Waals surface area contributed by atoms with E-state index in [1.54, 1.807) is 25.1 Å². The topological polar surface area (TPSA) is 89.3 Å². The SMILES string of the molecule is CCCOc1c(Cl)cccc1NC(=O)NCc1nnc(C)o1. The maximum absolute atomic E-state index is 11.9. The number of carbonyl (C=O) groups is 1. The first-order valence-corrected chi connectivity index (χ1v) is 7.23. The number of carbonyl (C=O) groups excluding carboxylic acids is 1. The lowest BCUT2D eigenvalue weighted by atomic mass is 10.3.